The zero-order valence-corrected chi connectivity index (χ0v) is 22.9. The largest absolute Gasteiger partial charge is 0.508 e. The number of ether oxygens (including phenoxy) is 1. The second-order valence-electron chi connectivity index (χ2n) is 8.90. The van der Waals surface area contributed by atoms with E-state index in [0.29, 0.717) is 33.6 Å². The molecule has 4 aromatic rings. The molecule has 1 unspecified atom stereocenters. The normalized spacial score (nSPS) is 16.4. The van der Waals surface area contributed by atoms with Crippen LogP contribution in [0.25, 0.3) is 5.76 Å². The molecule has 0 radical (unpaired) electrons. The number of rotatable bonds is 9. The Labute approximate surface area is 237 Å². The van der Waals surface area contributed by atoms with E-state index < -0.39 is 17.7 Å². The molecule has 0 aliphatic carbocycles. The fraction of sp³-hybridized carbons (Fsp3) is 0.172. The molecule has 204 valence electrons. The molecule has 0 bridgehead atoms. The van der Waals surface area contributed by atoms with Crippen molar-refractivity contribution >= 4 is 45.7 Å². The Morgan fingerprint density at radius 1 is 1.02 bits per heavy atom. The highest BCUT2D eigenvalue weighted by atomic mass is 32.2. The number of nitrogens with zero attached hydrogens (tertiary/aromatic N) is 3. The number of ketones is 1. The minimum absolute atomic E-state index is 0.0127. The highest BCUT2D eigenvalue weighted by Gasteiger charge is 2.48. The SMILES string of the molecule is CCCOc1ccc(/C(O)=C2/C(=O)C(=O)N(c3nnc(SCc4ccc(F)cc4)s3)C2c2ccc(O)cc2)cc1. The number of aromatic nitrogens is 2. The Balaban J connectivity index is 1.49. The van der Waals surface area contributed by atoms with Crippen molar-refractivity contribution in [3.8, 4) is 11.5 Å². The smallest absolute Gasteiger partial charge is 0.301 e. The molecular formula is C29H24FN3O5S2. The van der Waals surface area contributed by atoms with Gasteiger partial charge in [-0.25, -0.2) is 4.39 Å². The molecule has 11 heteroatoms. The van der Waals surface area contributed by atoms with Crippen molar-refractivity contribution < 1.29 is 28.9 Å². The van der Waals surface area contributed by atoms with E-state index in [-0.39, 0.29) is 28.0 Å². The summed E-state index contributed by atoms with van der Waals surface area (Å²) < 4.78 is 19.4. The minimum Gasteiger partial charge on any atom is -0.508 e. The second-order valence-corrected chi connectivity index (χ2v) is 11.1. The molecule has 0 saturated carbocycles. The Morgan fingerprint density at radius 2 is 1.73 bits per heavy atom. The van der Waals surface area contributed by atoms with Gasteiger partial charge < -0.3 is 14.9 Å². The first-order valence-corrected chi connectivity index (χ1v) is 14.2. The third-order valence-corrected chi connectivity index (χ3v) is 8.26. The second kappa shape index (κ2) is 11.9. The number of anilines is 1. The Hall–Kier alpha value is -4.22. The van der Waals surface area contributed by atoms with Crippen molar-refractivity contribution in [2.24, 2.45) is 0 Å². The number of hydrogen-bond acceptors (Lipinski definition) is 9. The molecule has 1 aliphatic rings. The van der Waals surface area contributed by atoms with Crippen LogP contribution < -0.4 is 9.64 Å². The first-order chi connectivity index (χ1) is 19.4. The zero-order chi connectivity index (χ0) is 28.2. The van der Waals surface area contributed by atoms with E-state index >= 15 is 0 Å². The average Bonchev–Trinajstić information content (AvgIpc) is 3.54. The Bertz CT molecular complexity index is 1550. The number of phenols is 1. The molecule has 8 nitrogen and oxygen atoms in total. The molecule has 1 amide bonds. The van der Waals surface area contributed by atoms with Gasteiger partial charge in [0.1, 0.15) is 23.1 Å². The third-order valence-electron chi connectivity index (χ3n) is 6.13. The lowest BCUT2D eigenvalue weighted by atomic mass is 9.95. The summed E-state index contributed by atoms with van der Waals surface area (Å²) in [5.74, 6) is -1.24. The van der Waals surface area contributed by atoms with Crippen LogP contribution in [0.3, 0.4) is 0 Å². The van der Waals surface area contributed by atoms with Crippen LogP contribution in [0.2, 0.25) is 0 Å². The summed E-state index contributed by atoms with van der Waals surface area (Å²) in [6, 6.07) is 17.8. The summed E-state index contributed by atoms with van der Waals surface area (Å²) >= 11 is 2.49. The molecule has 40 heavy (non-hydrogen) atoms. The third kappa shape index (κ3) is 5.70. The molecule has 2 heterocycles. The van der Waals surface area contributed by atoms with Crippen molar-refractivity contribution in [3.05, 3.63) is 101 Å². The van der Waals surface area contributed by atoms with Crippen LogP contribution in [0.5, 0.6) is 11.5 Å². The number of aliphatic hydroxyl groups is 1. The highest BCUT2D eigenvalue weighted by Crippen LogP contribution is 2.44. The number of aliphatic hydroxyl groups excluding tert-OH is 1. The van der Waals surface area contributed by atoms with Crippen LogP contribution in [0.1, 0.15) is 36.1 Å². The summed E-state index contributed by atoms with van der Waals surface area (Å²) in [4.78, 5) is 27.9. The van der Waals surface area contributed by atoms with Gasteiger partial charge in [0.25, 0.3) is 5.78 Å². The van der Waals surface area contributed by atoms with Crippen molar-refractivity contribution in [1.29, 1.82) is 0 Å². The quantitative estimate of drug-likeness (QED) is 0.0808. The topological polar surface area (TPSA) is 113 Å². The predicted octanol–water partition coefficient (Wildman–Crippen LogP) is 6.09. The lowest BCUT2D eigenvalue weighted by Crippen LogP contribution is -2.29. The average molecular weight is 578 g/mol. The van der Waals surface area contributed by atoms with Crippen LogP contribution in [-0.2, 0) is 15.3 Å². The van der Waals surface area contributed by atoms with Gasteiger partial charge in [-0.3, -0.25) is 14.5 Å². The highest BCUT2D eigenvalue weighted by molar-refractivity contribution is 8.00. The van der Waals surface area contributed by atoms with E-state index in [0.717, 1.165) is 23.3 Å². The molecule has 1 atom stereocenters. The molecule has 1 saturated heterocycles. The van der Waals surface area contributed by atoms with Crippen molar-refractivity contribution in [2.45, 2.75) is 29.5 Å². The van der Waals surface area contributed by atoms with Gasteiger partial charge in [0.05, 0.1) is 18.2 Å². The van der Waals surface area contributed by atoms with Crippen LogP contribution >= 0.6 is 23.1 Å². The number of benzene rings is 3. The van der Waals surface area contributed by atoms with E-state index in [4.69, 9.17) is 4.74 Å². The first-order valence-electron chi connectivity index (χ1n) is 12.4. The number of thioether (sulfide) groups is 1. The molecule has 1 aromatic heterocycles. The summed E-state index contributed by atoms with van der Waals surface area (Å²) in [5, 5.41) is 29.7. The maximum absolute atomic E-state index is 13.4. The first kappa shape index (κ1) is 27.4. The van der Waals surface area contributed by atoms with Gasteiger partial charge in [-0.15, -0.1) is 10.2 Å². The van der Waals surface area contributed by atoms with Gasteiger partial charge in [0, 0.05) is 11.3 Å². The van der Waals surface area contributed by atoms with Crippen molar-refractivity contribution in [1.82, 2.24) is 10.2 Å². The van der Waals surface area contributed by atoms with Gasteiger partial charge in [-0.1, -0.05) is 54.3 Å². The van der Waals surface area contributed by atoms with E-state index in [1.165, 1.54) is 40.9 Å². The number of aromatic hydroxyl groups is 1. The van der Waals surface area contributed by atoms with Crippen LogP contribution in [-0.4, -0.2) is 38.7 Å². The van der Waals surface area contributed by atoms with Crippen molar-refractivity contribution in [2.75, 3.05) is 11.5 Å². The number of phenolic OH excluding ortho intramolecular Hbond substituents is 1. The lowest BCUT2D eigenvalue weighted by Gasteiger charge is -2.22. The fourth-order valence-corrected chi connectivity index (χ4v) is 5.99. The summed E-state index contributed by atoms with van der Waals surface area (Å²) in [6.07, 6.45) is 0.843. The van der Waals surface area contributed by atoms with Crippen molar-refractivity contribution in [3.63, 3.8) is 0 Å². The summed E-state index contributed by atoms with van der Waals surface area (Å²) in [6.45, 7) is 2.54. The Morgan fingerprint density at radius 3 is 2.40 bits per heavy atom. The van der Waals surface area contributed by atoms with E-state index in [9.17, 15) is 24.2 Å². The monoisotopic (exact) mass is 577 g/mol. The van der Waals surface area contributed by atoms with E-state index in [1.807, 2.05) is 6.92 Å². The number of carbonyl (C=O) groups is 2. The maximum atomic E-state index is 13.4. The number of hydrogen-bond donors (Lipinski definition) is 2. The molecule has 3 aromatic carbocycles. The van der Waals surface area contributed by atoms with Crippen LogP contribution in [0, 0.1) is 5.82 Å². The fourth-order valence-electron chi connectivity index (χ4n) is 4.17. The summed E-state index contributed by atoms with van der Waals surface area (Å²) in [7, 11) is 0. The molecular weight excluding hydrogens is 553 g/mol. The van der Waals surface area contributed by atoms with Gasteiger partial charge in [-0.05, 0) is 66.1 Å². The maximum Gasteiger partial charge on any atom is 0.301 e. The number of halogens is 1. The molecule has 2 N–H and O–H groups in total. The summed E-state index contributed by atoms with van der Waals surface area (Å²) in [5.41, 5.74) is 1.63. The molecule has 5 rings (SSSR count). The minimum atomic E-state index is -1.00. The van der Waals surface area contributed by atoms with Gasteiger partial charge in [-0.2, -0.15) is 0 Å². The van der Waals surface area contributed by atoms with Gasteiger partial charge >= 0.3 is 5.91 Å². The van der Waals surface area contributed by atoms with E-state index in [2.05, 4.69) is 10.2 Å². The predicted molar refractivity (Wildman–Crippen MR) is 151 cm³/mol. The lowest BCUT2D eigenvalue weighted by molar-refractivity contribution is -0.132. The van der Waals surface area contributed by atoms with Crippen LogP contribution in [0.4, 0.5) is 9.52 Å². The number of Topliss-reactive ketones (excluding diaryl/α,β-unsaturated/α-hetero) is 1. The Kier molecular flexibility index (Phi) is 8.13. The number of amides is 1. The van der Waals surface area contributed by atoms with E-state index in [1.54, 1.807) is 48.5 Å². The molecule has 1 fully saturated rings. The van der Waals surface area contributed by atoms with Crippen LogP contribution in [0.15, 0.2) is 82.7 Å². The van der Waals surface area contributed by atoms with Gasteiger partial charge in [0.15, 0.2) is 4.34 Å². The zero-order valence-electron chi connectivity index (χ0n) is 21.3. The molecule has 0 spiro atoms. The van der Waals surface area contributed by atoms with Gasteiger partial charge in [0.2, 0.25) is 5.13 Å². The standard InChI is InChI=1S/C29H24FN3O5S2/c1-2-15-38-22-13-7-19(8-14-22)25(35)23-24(18-5-11-21(34)12-6-18)33(27(37)26(23)36)28-31-32-29(40-28)39-16-17-3-9-20(30)10-4-17/h3-14,24,34-35H,2,15-16H2,1H3/b25-23-. The number of carbonyl (C=O) groups excluding carboxylic acids is 2. The molecule has 1 aliphatic heterocycles.